The summed E-state index contributed by atoms with van der Waals surface area (Å²) in [4.78, 5) is 10.2. The lowest BCUT2D eigenvalue weighted by Crippen LogP contribution is -2.38. The SMILES string of the molecule is CC(C)CN(CC(=O)O)S(=O)(=O)c1ccccc1S(C)(=O)=O. The van der Waals surface area contributed by atoms with E-state index in [9.17, 15) is 21.6 Å². The van der Waals surface area contributed by atoms with Crippen LogP contribution in [0, 0.1) is 5.92 Å². The molecule has 1 aromatic carbocycles. The third-order valence-corrected chi connectivity index (χ3v) is 5.90. The van der Waals surface area contributed by atoms with Gasteiger partial charge in [-0.05, 0) is 18.1 Å². The zero-order valence-corrected chi connectivity index (χ0v) is 14.2. The highest BCUT2D eigenvalue weighted by atomic mass is 32.2. The Hall–Kier alpha value is -1.45. The fourth-order valence-electron chi connectivity index (χ4n) is 1.91. The second-order valence-corrected chi connectivity index (χ2v) is 9.19. The molecule has 22 heavy (non-hydrogen) atoms. The van der Waals surface area contributed by atoms with Crippen molar-refractivity contribution in [2.24, 2.45) is 5.92 Å². The van der Waals surface area contributed by atoms with Crippen molar-refractivity contribution in [3.8, 4) is 0 Å². The Morgan fingerprint density at radius 1 is 1.14 bits per heavy atom. The molecule has 1 aromatic rings. The number of carboxylic acids is 1. The molecule has 0 unspecified atom stereocenters. The van der Waals surface area contributed by atoms with Crippen LogP contribution in [0.25, 0.3) is 0 Å². The highest BCUT2D eigenvalue weighted by Gasteiger charge is 2.31. The summed E-state index contributed by atoms with van der Waals surface area (Å²) in [5.41, 5.74) is 0. The highest BCUT2D eigenvalue weighted by molar-refractivity contribution is 7.93. The van der Waals surface area contributed by atoms with E-state index in [0.717, 1.165) is 10.6 Å². The van der Waals surface area contributed by atoms with Crippen molar-refractivity contribution in [2.45, 2.75) is 23.6 Å². The summed E-state index contributed by atoms with van der Waals surface area (Å²) in [6.07, 6.45) is 0.908. The van der Waals surface area contributed by atoms with Crippen LogP contribution in [-0.4, -0.2) is 51.6 Å². The van der Waals surface area contributed by atoms with E-state index in [0.29, 0.717) is 0 Å². The molecule has 124 valence electrons. The molecule has 0 spiro atoms. The van der Waals surface area contributed by atoms with Gasteiger partial charge in [0.2, 0.25) is 10.0 Å². The first kappa shape index (κ1) is 18.6. The summed E-state index contributed by atoms with van der Waals surface area (Å²) in [7, 11) is -7.99. The molecule has 0 heterocycles. The summed E-state index contributed by atoms with van der Waals surface area (Å²) in [5, 5.41) is 8.91. The van der Waals surface area contributed by atoms with Crippen molar-refractivity contribution in [1.29, 1.82) is 0 Å². The van der Waals surface area contributed by atoms with Crippen molar-refractivity contribution in [1.82, 2.24) is 4.31 Å². The Morgan fingerprint density at radius 3 is 2.05 bits per heavy atom. The van der Waals surface area contributed by atoms with Crippen LogP contribution in [0.1, 0.15) is 13.8 Å². The van der Waals surface area contributed by atoms with Crippen LogP contribution >= 0.6 is 0 Å². The zero-order chi connectivity index (χ0) is 17.1. The van der Waals surface area contributed by atoms with E-state index >= 15 is 0 Å². The smallest absolute Gasteiger partial charge is 0.318 e. The number of nitrogens with zero attached hydrogens (tertiary/aromatic N) is 1. The van der Waals surface area contributed by atoms with Gasteiger partial charge in [-0.25, -0.2) is 16.8 Å². The van der Waals surface area contributed by atoms with Crippen molar-refractivity contribution in [3.05, 3.63) is 24.3 Å². The summed E-state index contributed by atoms with van der Waals surface area (Å²) in [6, 6.07) is 5.17. The second-order valence-electron chi connectivity index (χ2n) is 5.30. The van der Waals surface area contributed by atoms with Gasteiger partial charge in [0.1, 0.15) is 11.4 Å². The molecule has 0 saturated carbocycles. The molecule has 1 N–H and O–H groups in total. The third-order valence-electron chi connectivity index (χ3n) is 2.75. The second kappa shape index (κ2) is 6.76. The van der Waals surface area contributed by atoms with Crippen molar-refractivity contribution in [2.75, 3.05) is 19.3 Å². The van der Waals surface area contributed by atoms with Gasteiger partial charge in [0, 0.05) is 12.8 Å². The van der Waals surface area contributed by atoms with E-state index in [4.69, 9.17) is 5.11 Å². The summed E-state index contributed by atoms with van der Waals surface area (Å²) < 4.78 is 49.7. The minimum atomic E-state index is -4.23. The maximum atomic E-state index is 12.7. The zero-order valence-electron chi connectivity index (χ0n) is 12.6. The van der Waals surface area contributed by atoms with E-state index in [1.165, 1.54) is 24.3 Å². The maximum absolute atomic E-state index is 12.7. The predicted molar refractivity (Wildman–Crippen MR) is 80.8 cm³/mol. The molecule has 0 bridgehead atoms. The van der Waals surface area contributed by atoms with Gasteiger partial charge < -0.3 is 5.11 Å². The van der Waals surface area contributed by atoms with Crippen molar-refractivity contribution in [3.63, 3.8) is 0 Å². The molecule has 7 nitrogen and oxygen atoms in total. The Labute approximate surface area is 130 Å². The fraction of sp³-hybridized carbons (Fsp3) is 0.462. The molecule has 0 aliphatic carbocycles. The topological polar surface area (TPSA) is 109 Å². The highest BCUT2D eigenvalue weighted by Crippen LogP contribution is 2.24. The third kappa shape index (κ3) is 4.52. The van der Waals surface area contributed by atoms with Crippen LogP contribution in [0.3, 0.4) is 0 Å². The van der Waals surface area contributed by atoms with Gasteiger partial charge in [-0.3, -0.25) is 4.79 Å². The van der Waals surface area contributed by atoms with E-state index in [1.54, 1.807) is 13.8 Å². The number of aliphatic carboxylic acids is 1. The average Bonchev–Trinajstić information content (AvgIpc) is 2.36. The number of rotatable bonds is 7. The van der Waals surface area contributed by atoms with Crippen LogP contribution in [0.15, 0.2) is 34.1 Å². The number of hydrogen-bond donors (Lipinski definition) is 1. The molecule has 0 radical (unpaired) electrons. The molecular formula is C13H19NO6S2. The minimum absolute atomic E-state index is 0.0211. The van der Waals surface area contributed by atoms with Gasteiger partial charge >= 0.3 is 5.97 Å². The van der Waals surface area contributed by atoms with Crippen LogP contribution in [0.5, 0.6) is 0 Å². The lowest BCUT2D eigenvalue weighted by molar-refractivity contribution is -0.137. The Morgan fingerprint density at radius 2 is 1.64 bits per heavy atom. The fourth-order valence-corrected chi connectivity index (χ4v) is 5.07. The van der Waals surface area contributed by atoms with Crippen LogP contribution in [0.4, 0.5) is 0 Å². The molecule has 0 amide bonds. The molecular weight excluding hydrogens is 330 g/mol. The normalized spacial score (nSPS) is 12.8. The number of sulfonamides is 1. The Bertz CT molecular complexity index is 752. The van der Waals surface area contributed by atoms with Gasteiger partial charge in [0.25, 0.3) is 0 Å². The van der Waals surface area contributed by atoms with Gasteiger partial charge in [-0.1, -0.05) is 26.0 Å². The molecule has 0 fully saturated rings. The molecule has 1 rings (SSSR count). The largest absolute Gasteiger partial charge is 0.480 e. The minimum Gasteiger partial charge on any atom is -0.480 e. The number of carbonyl (C=O) groups is 1. The Kier molecular flexibility index (Phi) is 5.71. The van der Waals surface area contributed by atoms with Crippen LogP contribution in [0.2, 0.25) is 0 Å². The van der Waals surface area contributed by atoms with Gasteiger partial charge in [0.05, 0.1) is 4.90 Å². The lowest BCUT2D eigenvalue weighted by Gasteiger charge is -2.23. The summed E-state index contributed by atoms with van der Waals surface area (Å²) >= 11 is 0. The van der Waals surface area contributed by atoms with Crippen LogP contribution in [-0.2, 0) is 24.7 Å². The Balaban J connectivity index is 3.47. The van der Waals surface area contributed by atoms with Gasteiger partial charge in [-0.2, -0.15) is 4.31 Å². The van der Waals surface area contributed by atoms with Crippen molar-refractivity contribution < 1.29 is 26.7 Å². The number of carboxylic acid groups (broad SMARTS) is 1. The quantitative estimate of drug-likeness (QED) is 0.780. The molecule has 0 saturated heterocycles. The molecule has 0 aromatic heterocycles. The first-order valence-corrected chi connectivity index (χ1v) is 9.80. The van der Waals surface area contributed by atoms with E-state index in [2.05, 4.69) is 0 Å². The molecule has 9 heteroatoms. The lowest BCUT2D eigenvalue weighted by atomic mass is 10.2. The molecule has 0 aliphatic heterocycles. The first-order chi connectivity index (χ1) is 9.96. The van der Waals surface area contributed by atoms with Gasteiger partial charge in [-0.15, -0.1) is 0 Å². The van der Waals surface area contributed by atoms with E-state index in [-0.39, 0.29) is 17.4 Å². The number of benzene rings is 1. The average molecular weight is 349 g/mol. The van der Waals surface area contributed by atoms with Gasteiger partial charge in [0.15, 0.2) is 9.84 Å². The monoisotopic (exact) mass is 349 g/mol. The van der Waals surface area contributed by atoms with E-state index < -0.39 is 37.3 Å². The standard InChI is InChI=1S/C13H19NO6S2/c1-10(2)8-14(9-13(15)16)22(19,20)12-7-5-4-6-11(12)21(3,17)18/h4-7,10H,8-9H2,1-3H3,(H,15,16). The molecule has 0 aliphatic rings. The number of sulfone groups is 1. The predicted octanol–water partition coefficient (Wildman–Crippen LogP) is 0.821. The first-order valence-electron chi connectivity index (χ1n) is 6.47. The molecule has 0 atom stereocenters. The maximum Gasteiger partial charge on any atom is 0.318 e. The summed E-state index contributed by atoms with van der Waals surface area (Å²) in [5.74, 6) is -1.42. The van der Waals surface area contributed by atoms with Crippen molar-refractivity contribution >= 4 is 25.8 Å². The number of hydrogen-bond acceptors (Lipinski definition) is 5. The van der Waals surface area contributed by atoms with E-state index in [1.807, 2.05) is 0 Å². The van der Waals surface area contributed by atoms with Crippen LogP contribution < -0.4 is 0 Å². The summed E-state index contributed by atoms with van der Waals surface area (Å²) in [6.45, 7) is 2.74.